The summed E-state index contributed by atoms with van der Waals surface area (Å²) >= 11 is 0. The Balaban J connectivity index is 2.64. The number of nitrogens with one attached hydrogen (secondary N) is 1. The molecule has 0 aliphatic carbocycles. The number of methoxy groups -OCH3 is 2. The van der Waals surface area contributed by atoms with E-state index >= 15 is 0 Å². The predicted molar refractivity (Wildman–Crippen MR) is 88.2 cm³/mol. The highest BCUT2D eigenvalue weighted by atomic mass is 32.2. The molecule has 0 spiro atoms. The average molecular weight is 313 g/mol. The van der Waals surface area contributed by atoms with Crippen LogP contribution in [0.3, 0.4) is 0 Å². The molecule has 4 nitrogen and oxygen atoms in total. The molecule has 0 aliphatic heterocycles. The smallest absolute Gasteiger partial charge is 0.123 e. The van der Waals surface area contributed by atoms with Crippen LogP contribution in [0.25, 0.3) is 0 Å². The lowest BCUT2D eigenvalue weighted by Crippen LogP contribution is -2.14. The second-order valence-electron chi connectivity index (χ2n) is 4.96. The molecule has 0 bridgehead atoms. The van der Waals surface area contributed by atoms with Crippen LogP contribution < -0.4 is 10.1 Å². The Labute approximate surface area is 130 Å². The fraction of sp³-hybridized carbons (Fsp3) is 0.625. The van der Waals surface area contributed by atoms with E-state index in [0.717, 1.165) is 37.2 Å². The zero-order valence-electron chi connectivity index (χ0n) is 13.3. The fourth-order valence-corrected chi connectivity index (χ4v) is 3.23. The summed E-state index contributed by atoms with van der Waals surface area (Å²) in [6, 6.07) is 6.11. The first-order valence-electron chi connectivity index (χ1n) is 7.41. The van der Waals surface area contributed by atoms with Gasteiger partial charge in [-0.15, -0.1) is 0 Å². The lowest BCUT2D eigenvalue weighted by molar-refractivity contribution is 0.200. The zero-order valence-corrected chi connectivity index (χ0v) is 14.1. The van der Waals surface area contributed by atoms with Gasteiger partial charge in [-0.1, -0.05) is 13.0 Å². The first kappa shape index (κ1) is 18.1. The Bertz CT molecular complexity index is 438. The van der Waals surface area contributed by atoms with Crippen LogP contribution in [-0.2, 0) is 27.8 Å². The average Bonchev–Trinajstić information content (AvgIpc) is 2.48. The Hall–Kier alpha value is -0.910. The van der Waals surface area contributed by atoms with Gasteiger partial charge < -0.3 is 14.8 Å². The quantitative estimate of drug-likeness (QED) is 0.638. The highest BCUT2D eigenvalue weighted by Crippen LogP contribution is 2.21. The third-order valence-corrected chi connectivity index (χ3v) is 4.51. The lowest BCUT2D eigenvalue weighted by atomic mass is 10.1. The van der Waals surface area contributed by atoms with Gasteiger partial charge in [0, 0.05) is 42.4 Å². The molecule has 1 N–H and O–H groups in total. The second-order valence-corrected chi connectivity index (χ2v) is 6.53. The van der Waals surface area contributed by atoms with Crippen LogP contribution in [0, 0.1) is 0 Å². The molecule has 0 radical (unpaired) electrons. The molecule has 120 valence electrons. The molecule has 1 atom stereocenters. The van der Waals surface area contributed by atoms with Gasteiger partial charge in [0.05, 0.1) is 12.9 Å². The highest BCUT2D eigenvalue weighted by molar-refractivity contribution is 7.84. The summed E-state index contributed by atoms with van der Waals surface area (Å²) in [6.07, 6.45) is 1.94. The summed E-state index contributed by atoms with van der Waals surface area (Å²) < 4.78 is 22.5. The van der Waals surface area contributed by atoms with Gasteiger partial charge in [-0.2, -0.15) is 0 Å². The van der Waals surface area contributed by atoms with Gasteiger partial charge in [-0.25, -0.2) is 0 Å². The van der Waals surface area contributed by atoms with Crippen molar-refractivity contribution in [2.45, 2.75) is 32.1 Å². The number of hydrogen-bond donors (Lipinski definition) is 1. The number of ether oxygens (including phenoxy) is 2. The molecule has 0 amide bonds. The Kier molecular flexibility index (Phi) is 9.30. The summed E-state index contributed by atoms with van der Waals surface area (Å²) in [5, 5.41) is 3.38. The van der Waals surface area contributed by atoms with E-state index in [4.69, 9.17) is 9.47 Å². The minimum absolute atomic E-state index is 0.536. The van der Waals surface area contributed by atoms with Gasteiger partial charge >= 0.3 is 0 Å². The second kappa shape index (κ2) is 10.8. The highest BCUT2D eigenvalue weighted by Gasteiger charge is 2.09. The van der Waals surface area contributed by atoms with Crippen LogP contribution in [0.15, 0.2) is 18.2 Å². The summed E-state index contributed by atoms with van der Waals surface area (Å²) in [5.74, 6) is 2.01. The van der Waals surface area contributed by atoms with Crippen LogP contribution in [0.2, 0.25) is 0 Å². The third-order valence-electron chi connectivity index (χ3n) is 3.14. The molecular weight excluding hydrogens is 286 g/mol. The first-order chi connectivity index (χ1) is 10.2. The maximum absolute atomic E-state index is 12.1. The van der Waals surface area contributed by atoms with Crippen molar-refractivity contribution >= 4 is 10.8 Å². The molecule has 1 aromatic rings. The molecule has 21 heavy (non-hydrogen) atoms. The largest absolute Gasteiger partial charge is 0.496 e. The Morgan fingerprint density at radius 2 is 2.10 bits per heavy atom. The van der Waals surface area contributed by atoms with Gasteiger partial charge in [0.25, 0.3) is 0 Å². The van der Waals surface area contributed by atoms with E-state index in [0.29, 0.717) is 18.1 Å². The van der Waals surface area contributed by atoms with Crippen molar-refractivity contribution in [3.8, 4) is 5.75 Å². The van der Waals surface area contributed by atoms with Gasteiger partial charge in [-0.3, -0.25) is 4.21 Å². The molecule has 0 fully saturated rings. The lowest BCUT2D eigenvalue weighted by Gasteiger charge is -2.11. The van der Waals surface area contributed by atoms with E-state index in [1.165, 1.54) is 5.56 Å². The van der Waals surface area contributed by atoms with Gasteiger partial charge in [-0.05, 0) is 37.1 Å². The predicted octanol–water partition coefficient (Wildman–Crippen LogP) is 2.48. The van der Waals surface area contributed by atoms with E-state index < -0.39 is 10.8 Å². The molecule has 0 aliphatic rings. The van der Waals surface area contributed by atoms with Crippen LogP contribution in [0.1, 0.15) is 30.9 Å². The fourth-order valence-electron chi connectivity index (χ4n) is 2.07. The molecule has 5 heteroatoms. The van der Waals surface area contributed by atoms with Crippen LogP contribution in [-0.4, -0.2) is 37.3 Å². The maximum atomic E-state index is 12.1. The number of rotatable bonds is 11. The zero-order chi connectivity index (χ0) is 15.5. The minimum Gasteiger partial charge on any atom is -0.496 e. The van der Waals surface area contributed by atoms with Crippen molar-refractivity contribution in [1.82, 2.24) is 5.32 Å². The molecule has 0 saturated heterocycles. The molecule has 1 rings (SSSR count). The van der Waals surface area contributed by atoms with Crippen molar-refractivity contribution in [2.75, 3.05) is 33.1 Å². The molecule has 1 aromatic carbocycles. The summed E-state index contributed by atoms with van der Waals surface area (Å²) in [4.78, 5) is 0. The standard InChI is InChI=1S/C16H27NO3S/c1-4-8-17-12-14-6-7-16(20-3)15(11-14)13-21(18)10-5-9-19-2/h6-7,11,17H,4-5,8-10,12-13H2,1-3H3. The van der Waals surface area contributed by atoms with E-state index in [2.05, 4.69) is 24.4 Å². The Morgan fingerprint density at radius 1 is 1.29 bits per heavy atom. The van der Waals surface area contributed by atoms with Crippen molar-refractivity contribution in [3.63, 3.8) is 0 Å². The van der Waals surface area contributed by atoms with Crippen LogP contribution in [0.5, 0.6) is 5.75 Å². The monoisotopic (exact) mass is 313 g/mol. The van der Waals surface area contributed by atoms with Gasteiger partial charge in [0.1, 0.15) is 5.75 Å². The normalized spacial score (nSPS) is 12.3. The third kappa shape index (κ3) is 7.07. The molecule has 1 unspecified atom stereocenters. The van der Waals surface area contributed by atoms with E-state index in [9.17, 15) is 4.21 Å². The van der Waals surface area contributed by atoms with E-state index in [1.54, 1.807) is 14.2 Å². The summed E-state index contributed by atoms with van der Waals surface area (Å²) in [6.45, 7) is 4.64. The number of benzene rings is 1. The molecule has 0 saturated carbocycles. The number of hydrogen-bond acceptors (Lipinski definition) is 4. The summed E-state index contributed by atoms with van der Waals surface area (Å²) in [5.41, 5.74) is 2.22. The summed E-state index contributed by atoms with van der Waals surface area (Å²) in [7, 11) is 2.44. The van der Waals surface area contributed by atoms with Gasteiger partial charge in [0.2, 0.25) is 0 Å². The van der Waals surface area contributed by atoms with Crippen molar-refractivity contribution < 1.29 is 13.7 Å². The van der Waals surface area contributed by atoms with Crippen molar-refractivity contribution in [1.29, 1.82) is 0 Å². The van der Waals surface area contributed by atoms with Gasteiger partial charge in [0.15, 0.2) is 0 Å². The van der Waals surface area contributed by atoms with Crippen molar-refractivity contribution in [2.24, 2.45) is 0 Å². The van der Waals surface area contributed by atoms with E-state index in [-0.39, 0.29) is 0 Å². The van der Waals surface area contributed by atoms with E-state index in [1.807, 2.05) is 6.07 Å². The van der Waals surface area contributed by atoms with Crippen molar-refractivity contribution in [3.05, 3.63) is 29.3 Å². The minimum atomic E-state index is -0.880. The SMILES string of the molecule is CCCNCc1ccc(OC)c(CS(=O)CCCOC)c1. The Morgan fingerprint density at radius 3 is 2.76 bits per heavy atom. The molecule has 0 heterocycles. The topological polar surface area (TPSA) is 47.6 Å². The van der Waals surface area contributed by atoms with Crippen LogP contribution >= 0.6 is 0 Å². The molecular formula is C16H27NO3S. The maximum Gasteiger partial charge on any atom is 0.123 e. The first-order valence-corrected chi connectivity index (χ1v) is 8.90. The molecule has 0 aromatic heterocycles. The van der Waals surface area contributed by atoms with Crippen LogP contribution in [0.4, 0.5) is 0 Å².